The maximum Gasteiger partial charge on any atom is 0.290 e. The van der Waals surface area contributed by atoms with Gasteiger partial charge in [0, 0.05) is 28.1 Å². The summed E-state index contributed by atoms with van der Waals surface area (Å²) in [5, 5.41) is 11.9. The molecule has 37 heavy (non-hydrogen) atoms. The number of halogens is 1. The van der Waals surface area contributed by atoms with E-state index in [1.807, 2.05) is 79.0 Å². The predicted octanol–water partition coefficient (Wildman–Crippen LogP) is 6.16. The van der Waals surface area contributed by atoms with E-state index < -0.39 is 23.5 Å². The molecule has 1 aliphatic rings. The molecule has 2 heterocycles. The molecule has 0 radical (unpaired) electrons. The predicted molar refractivity (Wildman–Crippen MR) is 147 cm³/mol. The van der Waals surface area contributed by atoms with Gasteiger partial charge in [0.05, 0.1) is 18.7 Å². The molecule has 186 valence electrons. The van der Waals surface area contributed by atoms with E-state index in [-0.39, 0.29) is 5.57 Å². The second-order valence-corrected chi connectivity index (χ2v) is 9.71. The minimum absolute atomic E-state index is 0.0834. The van der Waals surface area contributed by atoms with Gasteiger partial charge in [0.1, 0.15) is 5.75 Å². The minimum Gasteiger partial charge on any atom is -0.503 e. The molecular formula is C30H25BrN2O4. The molecule has 5 rings (SSSR count). The van der Waals surface area contributed by atoms with Crippen molar-refractivity contribution >= 4 is 44.6 Å². The van der Waals surface area contributed by atoms with Gasteiger partial charge in [0.25, 0.3) is 5.91 Å². The highest BCUT2D eigenvalue weighted by Crippen LogP contribution is 2.38. The summed E-state index contributed by atoms with van der Waals surface area (Å²) in [4.78, 5) is 31.4. The molecule has 1 amide bonds. The Balaban J connectivity index is 1.46. The highest BCUT2D eigenvalue weighted by Gasteiger charge is 2.42. The van der Waals surface area contributed by atoms with Crippen LogP contribution in [0.15, 0.2) is 101 Å². The van der Waals surface area contributed by atoms with Crippen molar-refractivity contribution < 1.29 is 19.4 Å². The van der Waals surface area contributed by atoms with Gasteiger partial charge in [-0.1, -0.05) is 64.5 Å². The van der Waals surface area contributed by atoms with Crippen molar-refractivity contribution in [3.05, 3.63) is 118 Å². The number of ether oxygens (including phenoxy) is 1. The lowest BCUT2D eigenvalue weighted by atomic mass is 9.95. The quantitative estimate of drug-likeness (QED) is 0.254. The summed E-state index contributed by atoms with van der Waals surface area (Å²) in [6, 6.07) is 22.0. The van der Waals surface area contributed by atoms with Crippen molar-refractivity contribution in [3.8, 4) is 5.75 Å². The van der Waals surface area contributed by atoms with Gasteiger partial charge in [-0.2, -0.15) is 0 Å². The Labute approximate surface area is 223 Å². The van der Waals surface area contributed by atoms with Crippen LogP contribution in [-0.2, 0) is 16.0 Å². The van der Waals surface area contributed by atoms with E-state index in [9.17, 15) is 14.7 Å². The fraction of sp³-hybridized carbons (Fsp3) is 0.133. The summed E-state index contributed by atoms with van der Waals surface area (Å²) in [6.45, 7) is 0.312. The first-order valence-electron chi connectivity index (χ1n) is 11.9. The number of rotatable bonds is 8. The lowest BCUT2D eigenvalue weighted by Crippen LogP contribution is -2.33. The molecule has 0 fully saturated rings. The van der Waals surface area contributed by atoms with E-state index in [1.165, 1.54) is 6.08 Å². The van der Waals surface area contributed by atoms with Crippen LogP contribution in [0.4, 0.5) is 0 Å². The lowest BCUT2D eigenvalue weighted by Gasteiger charge is -2.26. The van der Waals surface area contributed by atoms with Gasteiger partial charge in [-0.05, 0) is 59.5 Å². The third-order valence-electron chi connectivity index (χ3n) is 6.58. The Morgan fingerprint density at radius 3 is 2.59 bits per heavy atom. The van der Waals surface area contributed by atoms with Crippen LogP contribution >= 0.6 is 15.9 Å². The third-order valence-corrected chi connectivity index (χ3v) is 7.11. The number of fused-ring (bicyclic) bond motifs is 1. The molecule has 0 bridgehead atoms. The Bertz CT molecular complexity index is 1520. The normalized spacial score (nSPS) is 15.8. The molecule has 0 spiro atoms. The van der Waals surface area contributed by atoms with Crippen molar-refractivity contribution in [2.45, 2.75) is 12.5 Å². The number of methoxy groups -OCH3 is 1. The molecule has 4 aromatic rings. The maximum atomic E-state index is 13.3. The maximum absolute atomic E-state index is 13.3. The fourth-order valence-corrected chi connectivity index (χ4v) is 4.95. The second kappa shape index (κ2) is 10.5. The molecule has 2 N–H and O–H groups in total. The molecule has 0 unspecified atom stereocenters. The Morgan fingerprint density at radius 2 is 1.86 bits per heavy atom. The zero-order valence-electron chi connectivity index (χ0n) is 20.1. The largest absolute Gasteiger partial charge is 0.503 e. The summed E-state index contributed by atoms with van der Waals surface area (Å²) < 4.78 is 6.25. The van der Waals surface area contributed by atoms with E-state index in [4.69, 9.17) is 4.74 Å². The summed E-state index contributed by atoms with van der Waals surface area (Å²) >= 11 is 3.45. The number of aromatic nitrogens is 1. The summed E-state index contributed by atoms with van der Waals surface area (Å²) in [6.07, 6.45) is 5.55. The average molecular weight is 557 g/mol. The number of aromatic amines is 1. The highest BCUT2D eigenvalue weighted by molar-refractivity contribution is 9.10. The molecule has 1 atom stereocenters. The number of nitrogens with one attached hydrogen (secondary N) is 1. The van der Waals surface area contributed by atoms with Crippen LogP contribution in [0.2, 0.25) is 0 Å². The Morgan fingerprint density at radius 1 is 1.11 bits per heavy atom. The SMILES string of the molecule is COc1ccc2[nH]cc(CCN3C(=O)C(O)=C(C(=O)/C=C/c4ccccc4)[C@@H]3c3ccc(Br)cc3)c2c1. The molecule has 3 aromatic carbocycles. The van der Waals surface area contributed by atoms with E-state index in [1.54, 1.807) is 18.1 Å². The van der Waals surface area contributed by atoms with Crippen molar-refractivity contribution in [3.63, 3.8) is 0 Å². The number of ketones is 1. The van der Waals surface area contributed by atoms with Crippen LogP contribution in [0.5, 0.6) is 5.75 Å². The van der Waals surface area contributed by atoms with Gasteiger partial charge >= 0.3 is 0 Å². The zero-order chi connectivity index (χ0) is 25.9. The van der Waals surface area contributed by atoms with Crippen molar-refractivity contribution in [1.82, 2.24) is 9.88 Å². The fourth-order valence-electron chi connectivity index (χ4n) is 4.69. The molecule has 0 aliphatic carbocycles. The monoisotopic (exact) mass is 556 g/mol. The number of carbonyl (C=O) groups excluding carboxylic acids is 2. The summed E-state index contributed by atoms with van der Waals surface area (Å²) in [5.41, 5.74) is 3.67. The first-order valence-corrected chi connectivity index (χ1v) is 12.7. The van der Waals surface area contributed by atoms with E-state index in [0.29, 0.717) is 13.0 Å². The lowest BCUT2D eigenvalue weighted by molar-refractivity contribution is -0.129. The molecule has 1 aromatic heterocycles. The number of aliphatic hydroxyl groups is 1. The van der Waals surface area contributed by atoms with Crippen LogP contribution < -0.4 is 4.74 Å². The number of hydrogen-bond donors (Lipinski definition) is 2. The molecule has 6 nitrogen and oxygen atoms in total. The number of hydrogen-bond acceptors (Lipinski definition) is 4. The molecular weight excluding hydrogens is 532 g/mol. The first kappa shape index (κ1) is 24.6. The first-order chi connectivity index (χ1) is 18.0. The highest BCUT2D eigenvalue weighted by atomic mass is 79.9. The summed E-state index contributed by atoms with van der Waals surface area (Å²) in [5.74, 6) is -0.712. The van der Waals surface area contributed by atoms with Crippen LogP contribution in [0.1, 0.15) is 22.7 Å². The van der Waals surface area contributed by atoms with Gasteiger partial charge in [-0.15, -0.1) is 0 Å². The van der Waals surface area contributed by atoms with Gasteiger partial charge < -0.3 is 19.7 Å². The van der Waals surface area contributed by atoms with Crippen LogP contribution in [0.25, 0.3) is 17.0 Å². The zero-order valence-corrected chi connectivity index (χ0v) is 21.7. The van der Waals surface area contributed by atoms with Crippen molar-refractivity contribution in [1.29, 1.82) is 0 Å². The van der Waals surface area contributed by atoms with Gasteiger partial charge in [0.2, 0.25) is 0 Å². The van der Waals surface area contributed by atoms with E-state index >= 15 is 0 Å². The number of carbonyl (C=O) groups is 2. The second-order valence-electron chi connectivity index (χ2n) is 8.80. The van der Waals surface area contributed by atoms with Gasteiger partial charge in [-0.3, -0.25) is 9.59 Å². The number of amides is 1. The van der Waals surface area contributed by atoms with Crippen LogP contribution in [0.3, 0.4) is 0 Å². The molecule has 0 saturated carbocycles. The van der Waals surface area contributed by atoms with Crippen molar-refractivity contribution in [2.75, 3.05) is 13.7 Å². The van der Waals surface area contributed by atoms with Crippen LogP contribution in [0, 0.1) is 0 Å². The topological polar surface area (TPSA) is 82.6 Å². The average Bonchev–Trinajstić information content (AvgIpc) is 3.44. The van der Waals surface area contributed by atoms with E-state index in [2.05, 4.69) is 20.9 Å². The standard InChI is InChI=1S/C30H25BrN2O4/c1-37-23-12-13-25-24(17-23)21(18-32-25)15-16-33-28(20-8-10-22(31)11-9-20)27(29(35)30(33)36)26(34)14-7-19-5-3-2-4-6-19/h2-14,17-18,28,32,35H,15-16H2,1H3/b14-7+/t28-/m0/s1. The Hall–Kier alpha value is -4.10. The number of nitrogens with zero attached hydrogens (tertiary/aromatic N) is 1. The Kier molecular flexibility index (Phi) is 6.97. The van der Waals surface area contributed by atoms with Crippen molar-refractivity contribution in [2.24, 2.45) is 0 Å². The molecule has 7 heteroatoms. The number of allylic oxidation sites excluding steroid dienone is 1. The summed E-state index contributed by atoms with van der Waals surface area (Å²) in [7, 11) is 1.62. The molecule has 1 aliphatic heterocycles. The number of aliphatic hydroxyl groups excluding tert-OH is 1. The number of H-pyrrole nitrogens is 1. The van der Waals surface area contributed by atoms with Gasteiger partial charge in [0.15, 0.2) is 11.5 Å². The van der Waals surface area contributed by atoms with E-state index in [0.717, 1.165) is 37.8 Å². The number of benzene rings is 3. The minimum atomic E-state index is -0.701. The van der Waals surface area contributed by atoms with Crippen LogP contribution in [-0.4, -0.2) is 40.3 Å². The molecule has 0 saturated heterocycles. The smallest absolute Gasteiger partial charge is 0.290 e. The van der Waals surface area contributed by atoms with Gasteiger partial charge in [-0.25, -0.2) is 0 Å². The third kappa shape index (κ3) is 4.95.